The Balaban J connectivity index is 1.90. The molecule has 94 valence electrons. The van der Waals surface area contributed by atoms with E-state index in [0.29, 0.717) is 6.04 Å². The van der Waals surface area contributed by atoms with Gasteiger partial charge >= 0.3 is 0 Å². The van der Waals surface area contributed by atoms with Crippen molar-refractivity contribution in [2.45, 2.75) is 50.1 Å². The molecule has 1 aliphatic rings. The van der Waals surface area contributed by atoms with Crippen LogP contribution in [-0.2, 0) is 6.54 Å². The maximum atomic E-state index is 6.40. The van der Waals surface area contributed by atoms with Gasteiger partial charge in [0.2, 0.25) is 0 Å². The van der Waals surface area contributed by atoms with Crippen LogP contribution >= 0.6 is 23.2 Å². The Labute approximate surface area is 114 Å². The molecule has 1 aliphatic carbocycles. The number of hydrogen-bond donors (Lipinski definition) is 1. The first-order chi connectivity index (χ1) is 8.27. The van der Waals surface area contributed by atoms with Crippen molar-refractivity contribution in [3.05, 3.63) is 34.9 Å². The van der Waals surface area contributed by atoms with Gasteiger partial charge in [-0.25, -0.2) is 0 Å². The van der Waals surface area contributed by atoms with Crippen molar-refractivity contribution in [1.82, 2.24) is 5.32 Å². The fourth-order valence-electron chi connectivity index (χ4n) is 2.38. The highest BCUT2D eigenvalue weighted by Crippen LogP contribution is 2.23. The summed E-state index contributed by atoms with van der Waals surface area (Å²) in [6.45, 7) is 0.813. The normalized spacial score (nSPS) is 25.5. The highest BCUT2D eigenvalue weighted by molar-refractivity contribution is 6.31. The number of nitrogens with one attached hydrogen (secondary N) is 1. The van der Waals surface area contributed by atoms with Crippen molar-refractivity contribution < 1.29 is 0 Å². The number of rotatable bonds is 3. The van der Waals surface area contributed by atoms with Crippen molar-refractivity contribution in [1.29, 1.82) is 0 Å². The largest absolute Gasteiger partial charge is 0.308 e. The molecule has 1 fully saturated rings. The van der Waals surface area contributed by atoms with Gasteiger partial charge in [0, 0.05) is 23.0 Å². The van der Waals surface area contributed by atoms with Gasteiger partial charge in [0.1, 0.15) is 0 Å². The smallest absolute Gasteiger partial charge is 0.0489 e. The Morgan fingerprint density at radius 2 is 1.88 bits per heavy atom. The van der Waals surface area contributed by atoms with Crippen LogP contribution in [0.2, 0.25) is 5.02 Å². The summed E-state index contributed by atoms with van der Waals surface area (Å²) in [4.78, 5) is 0. The SMILES string of the molecule is Clc1ccccc1CNC1CCCCCC1Cl. The molecule has 0 spiro atoms. The molecule has 0 aromatic heterocycles. The maximum absolute atomic E-state index is 6.40. The first-order valence-corrected chi connectivity index (χ1v) is 7.19. The molecule has 1 saturated carbocycles. The second-order valence-electron chi connectivity index (χ2n) is 4.73. The van der Waals surface area contributed by atoms with Crippen LogP contribution in [-0.4, -0.2) is 11.4 Å². The molecule has 0 radical (unpaired) electrons. The predicted octanol–water partition coefficient (Wildman–Crippen LogP) is 4.37. The van der Waals surface area contributed by atoms with Crippen LogP contribution in [0.3, 0.4) is 0 Å². The number of hydrogen-bond acceptors (Lipinski definition) is 1. The van der Waals surface area contributed by atoms with Gasteiger partial charge in [-0.3, -0.25) is 0 Å². The summed E-state index contributed by atoms with van der Waals surface area (Å²) in [5.74, 6) is 0. The van der Waals surface area contributed by atoms with Crippen LogP contribution in [0.15, 0.2) is 24.3 Å². The van der Waals surface area contributed by atoms with E-state index in [1.165, 1.54) is 25.7 Å². The summed E-state index contributed by atoms with van der Waals surface area (Å²) < 4.78 is 0. The summed E-state index contributed by atoms with van der Waals surface area (Å²) in [6.07, 6.45) is 6.16. The van der Waals surface area contributed by atoms with E-state index in [1.54, 1.807) is 0 Å². The third-order valence-electron chi connectivity index (χ3n) is 3.44. The zero-order valence-electron chi connectivity index (χ0n) is 9.96. The molecule has 1 nitrogen and oxygen atoms in total. The second kappa shape index (κ2) is 6.63. The first-order valence-electron chi connectivity index (χ1n) is 6.38. The molecule has 0 amide bonds. The van der Waals surface area contributed by atoms with Crippen LogP contribution in [0.4, 0.5) is 0 Å². The zero-order chi connectivity index (χ0) is 12.1. The van der Waals surface area contributed by atoms with E-state index in [-0.39, 0.29) is 5.38 Å². The highest BCUT2D eigenvalue weighted by Gasteiger charge is 2.21. The highest BCUT2D eigenvalue weighted by atomic mass is 35.5. The summed E-state index contributed by atoms with van der Waals surface area (Å²) in [5, 5.41) is 4.65. The minimum Gasteiger partial charge on any atom is -0.308 e. The average Bonchev–Trinajstić information content (AvgIpc) is 2.53. The maximum Gasteiger partial charge on any atom is 0.0489 e. The topological polar surface area (TPSA) is 12.0 Å². The van der Waals surface area contributed by atoms with Crippen molar-refractivity contribution in [2.75, 3.05) is 0 Å². The molecule has 1 N–H and O–H groups in total. The van der Waals surface area contributed by atoms with Gasteiger partial charge in [0.25, 0.3) is 0 Å². The molecule has 3 heteroatoms. The van der Waals surface area contributed by atoms with Gasteiger partial charge in [-0.2, -0.15) is 0 Å². The Hall–Kier alpha value is -0.240. The average molecular weight is 272 g/mol. The lowest BCUT2D eigenvalue weighted by molar-refractivity contribution is 0.465. The fraction of sp³-hybridized carbons (Fsp3) is 0.571. The van der Waals surface area contributed by atoms with Crippen molar-refractivity contribution >= 4 is 23.2 Å². The summed E-state index contributed by atoms with van der Waals surface area (Å²) in [7, 11) is 0. The van der Waals surface area contributed by atoms with Gasteiger partial charge in [-0.05, 0) is 24.5 Å². The van der Waals surface area contributed by atoms with Crippen LogP contribution in [0.1, 0.15) is 37.7 Å². The second-order valence-corrected chi connectivity index (χ2v) is 5.70. The van der Waals surface area contributed by atoms with E-state index in [1.807, 2.05) is 18.2 Å². The van der Waals surface area contributed by atoms with E-state index in [4.69, 9.17) is 23.2 Å². The van der Waals surface area contributed by atoms with Crippen LogP contribution in [0, 0.1) is 0 Å². The lowest BCUT2D eigenvalue weighted by atomic mass is 10.1. The Kier molecular flexibility index (Phi) is 5.15. The van der Waals surface area contributed by atoms with Crippen LogP contribution < -0.4 is 5.32 Å². The Morgan fingerprint density at radius 1 is 1.12 bits per heavy atom. The molecule has 2 unspecified atom stereocenters. The van der Waals surface area contributed by atoms with E-state index in [2.05, 4.69) is 11.4 Å². The molecule has 0 aliphatic heterocycles. The minimum absolute atomic E-state index is 0.264. The van der Waals surface area contributed by atoms with E-state index < -0.39 is 0 Å². The molecular formula is C14H19Cl2N. The van der Waals surface area contributed by atoms with Gasteiger partial charge in [-0.15, -0.1) is 11.6 Å². The quantitative estimate of drug-likeness (QED) is 0.636. The fourth-order valence-corrected chi connectivity index (χ4v) is 2.95. The van der Waals surface area contributed by atoms with Gasteiger partial charge in [-0.1, -0.05) is 49.1 Å². The van der Waals surface area contributed by atoms with E-state index in [0.717, 1.165) is 23.6 Å². The molecule has 2 atom stereocenters. The number of halogens is 2. The Morgan fingerprint density at radius 3 is 2.71 bits per heavy atom. The Bertz CT molecular complexity index is 354. The summed E-state index contributed by atoms with van der Waals surface area (Å²) in [5.41, 5.74) is 1.15. The van der Waals surface area contributed by atoms with Crippen molar-refractivity contribution in [2.24, 2.45) is 0 Å². The molecule has 0 saturated heterocycles. The molecule has 1 aromatic rings. The minimum atomic E-state index is 0.264. The number of alkyl halides is 1. The first kappa shape index (κ1) is 13.2. The van der Waals surface area contributed by atoms with Crippen LogP contribution in [0.5, 0.6) is 0 Å². The third-order valence-corrected chi connectivity index (χ3v) is 4.34. The van der Waals surface area contributed by atoms with Crippen LogP contribution in [0.25, 0.3) is 0 Å². The van der Waals surface area contributed by atoms with E-state index in [9.17, 15) is 0 Å². The molecule has 1 aromatic carbocycles. The van der Waals surface area contributed by atoms with Gasteiger partial charge in [0.05, 0.1) is 0 Å². The standard InChI is InChI=1S/C14H19Cl2N/c15-12-7-5-4-6-11(12)10-17-14-9-3-1-2-8-13(14)16/h4-7,13-14,17H,1-3,8-10H2. The number of benzene rings is 1. The van der Waals surface area contributed by atoms with E-state index >= 15 is 0 Å². The van der Waals surface area contributed by atoms with Crippen molar-refractivity contribution in [3.63, 3.8) is 0 Å². The lowest BCUT2D eigenvalue weighted by Gasteiger charge is -2.21. The van der Waals surface area contributed by atoms with Gasteiger partial charge < -0.3 is 5.32 Å². The monoisotopic (exact) mass is 271 g/mol. The molecule has 0 bridgehead atoms. The van der Waals surface area contributed by atoms with Gasteiger partial charge in [0.15, 0.2) is 0 Å². The zero-order valence-corrected chi connectivity index (χ0v) is 11.5. The predicted molar refractivity (Wildman–Crippen MR) is 74.8 cm³/mol. The summed E-state index contributed by atoms with van der Waals surface area (Å²) in [6, 6.07) is 8.41. The summed E-state index contributed by atoms with van der Waals surface area (Å²) >= 11 is 12.5. The molecule has 2 rings (SSSR count). The van der Waals surface area contributed by atoms with Crippen molar-refractivity contribution in [3.8, 4) is 0 Å². The lowest BCUT2D eigenvalue weighted by Crippen LogP contribution is -2.35. The molecular weight excluding hydrogens is 253 g/mol. The third kappa shape index (κ3) is 3.87. The molecule has 0 heterocycles. The molecule has 17 heavy (non-hydrogen) atoms.